The molecule has 0 aliphatic heterocycles. The van der Waals surface area contributed by atoms with Gasteiger partial charge in [-0.3, -0.25) is 28.3 Å². The summed E-state index contributed by atoms with van der Waals surface area (Å²) in [5, 5.41) is 14.7. The summed E-state index contributed by atoms with van der Waals surface area (Å²) in [5.74, 6) is -0.102. The van der Waals surface area contributed by atoms with Gasteiger partial charge in [-0.15, -0.1) is 0 Å². The smallest absolute Gasteiger partial charge is 0.332 e. The Morgan fingerprint density at radius 3 is 2.68 bits per heavy atom. The van der Waals surface area contributed by atoms with Gasteiger partial charge in [0.05, 0.1) is 6.21 Å². The fourth-order valence-electron chi connectivity index (χ4n) is 4.06. The lowest BCUT2D eigenvalue weighted by Crippen LogP contribution is -2.37. The number of aromatic amines is 1. The highest BCUT2D eigenvalue weighted by Gasteiger charge is 2.17. The maximum atomic E-state index is 12.5. The Hall–Kier alpha value is -3.74. The zero-order valence-corrected chi connectivity index (χ0v) is 20.0. The molecule has 0 amide bonds. The first kappa shape index (κ1) is 23.4. The number of hydrazone groups is 1. The molecule has 0 saturated heterocycles. The molecular formula is C21H26N8O4S. The van der Waals surface area contributed by atoms with E-state index in [4.69, 9.17) is 12.2 Å². The fourth-order valence-corrected chi connectivity index (χ4v) is 4.33. The quantitative estimate of drug-likeness (QED) is 0.206. The summed E-state index contributed by atoms with van der Waals surface area (Å²) in [5.41, 5.74) is 2.75. The van der Waals surface area contributed by atoms with Crippen LogP contribution in [0.5, 0.6) is 5.88 Å². The van der Waals surface area contributed by atoms with Crippen LogP contribution in [-0.4, -0.2) is 39.6 Å². The number of imidazole rings is 1. The Morgan fingerprint density at radius 1 is 1.21 bits per heavy atom. The summed E-state index contributed by atoms with van der Waals surface area (Å²) >= 11 is 5.24. The molecule has 0 saturated carbocycles. The predicted molar refractivity (Wildman–Crippen MR) is 131 cm³/mol. The van der Waals surface area contributed by atoms with E-state index in [1.54, 1.807) is 7.05 Å². The average molecular weight is 487 g/mol. The normalized spacial score (nSPS) is 14.1. The molecule has 3 heterocycles. The topological polar surface area (TPSA) is 144 Å². The minimum Gasteiger partial charge on any atom is -0.494 e. The van der Waals surface area contributed by atoms with Gasteiger partial charge in [-0.1, -0.05) is 11.6 Å². The zero-order valence-electron chi connectivity index (χ0n) is 19.2. The van der Waals surface area contributed by atoms with Crippen molar-refractivity contribution in [1.29, 1.82) is 0 Å². The second-order valence-electron chi connectivity index (χ2n) is 8.25. The average Bonchev–Trinajstić information content (AvgIpc) is 3.15. The molecule has 0 aromatic carbocycles. The first-order valence-electron chi connectivity index (χ1n) is 10.9. The number of hydrogen-bond donors (Lipinski definition) is 3. The van der Waals surface area contributed by atoms with Crippen LogP contribution >= 0.6 is 12.2 Å². The number of anilines is 1. The van der Waals surface area contributed by atoms with E-state index >= 15 is 0 Å². The number of rotatable bonds is 6. The van der Waals surface area contributed by atoms with Crippen molar-refractivity contribution in [3.05, 3.63) is 53.2 Å². The van der Waals surface area contributed by atoms with Gasteiger partial charge in [0.2, 0.25) is 11.8 Å². The van der Waals surface area contributed by atoms with Crippen LogP contribution in [0, 0.1) is 4.77 Å². The van der Waals surface area contributed by atoms with Crippen LogP contribution in [0.3, 0.4) is 0 Å². The summed E-state index contributed by atoms with van der Waals surface area (Å²) in [7, 11) is 4.50. The lowest BCUT2D eigenvalue weighted by Gasteiger charge is -2.15. The number of H-pyrrole nitrogens is 1. The van der Waals surface area contributed by atoms with Gasteiger partial charge in [0, 0.05) is 27.7 Å². The highest BCUT2D eigenvalue weighted by atomic mass is 32.1. The number of fused-ring (bicyclic) bond motifs is 1. The Kier molecular flexibility index (Phi) is 6.37. The summed E-state index contributed by atoms with van der Waals surface area (Å²) in [6, 6.07) is 0. The molecule has 4 rings (SSSR count). The summed E-state index contributed by atoms with van der Waals surface area (Å²) in [6.45, 7) is 0.434. The first-order valence-corrected chi connectivity index (χ1v) is 11.3. The third kappa shape index (κ3) is 4.14. The van der Waals surface area contributed by atoms with Gasteiger partial charge in [-0.2, -0.15) is 10.1 Å². The van der Waals surface area contributed by atoms with Gasteiger partial charge in [0.25, 0.3) is 11.1 Å². The summed E-state index contributed by atoms with van der Waals surface area (Å²) in [4.78, 5) is 43.9. The number of hydrogen-bond acceptors (Lipinski definition) is 8. The molecule has 180 valence electrons. The largest absolute Gasteiger partial charge is 0.494 e. The van der Waals surface area contributed by atoms with Gasteiger partial charge in [-0.25, -0.2) is 10.2 Å². The number of nitrogens with zero attached hydrogens (tertiary/aromatic N) is 6. The molecule has 1 aliphatic rings. The second-order valence-corrected chi connectivity index (χ2v) is 8.64. The Bertz CT molecular complexity index is 1570. The third-order valence-corrected chi connectivity index (χ3v) is 6.40. The Labute approximate surface area is 198 Å². The number of allylic oxidation sites excluding steroid dienone is 2. The predicted octanol–water partition coefficient (Wildman–Crippen LogP) is 1.23. The highest BCUT2D eigenvalue weighted by Crippen LogP contribution is 2.22. The molecule has 0 unspecified atom stereocenters. The molecule has 3 aromatic rings. The lowest BCUT2D eigenvalue weighted by molar-refractivity contribution is 0.402. The standard InChI is InChI=1S/C21H26N8O4S/c1-26-14-15(27(2)21(33)28(3)18(14)32)23-19(26)25-22-11-13-16(30)24-20(34)29(17(13)31)10-9-12-7-5-4-6-8-12/h7,11,31H,4-6,8-10H2,1-3H3,(H,23,25)(H,24,30,34)/b22-11+. The highest BCUT2D eigenvalue weighted by molar-refractivity contribution is 7.71. The van der Waals surface area contributed by atoms with E-state index in [-0.39, 0.29) is 33.3 Å². The van der Waals surface area contributed by atoms with Crippen LogP contribution in [0.1, 0.15) is 37.7 Å². The minimum absolute atomic E-state index is 0.0687. The monoisotopic (exact) mass is 486 g/mol. The van der Waals surface area contributed by atoms with E-state index in [1.165, 1.54) is 39.8 Å². The fraction of sp³-hybridized carbons (Fsp3) is 0.429. The van der Waals surface area contributed by atoms with Gasteiger partial charge < -0.3 is 9.67 Å². The Morgan fingerprint density at radius 2 is 1.97 bits per heavy atom. The molecule has 0 bridgehead atoms. The molecule has 0 spiro atoms. The third-order valence-electron chi connectivity index (χ3n) is 6.08. The first-order chi connectivity index (χ1) is 16.2. The summed E-state index contributed by atoms with van der Waals surface area (Å²) < 4.78 is 5.32. The van der Waals surface area contributed by atoms with Crippen LogP contribution in [0.2, 0.25) is 0 Å². The molecule has 12 nitrogen and oxygen atoms in total. The molecule has 1 aliphatic carbocycles. The van der Waals surface area contributed by atoms with E-state index in [2.05, 4.69) is 26.6 Å². The van der Waals surface area contributed by atoms with Crippen molar-refractivity contribution >= 4 is 35.5 Å². The van der Waals surface area contributed by atoms with Gasteiger partial charge >= 0.3 is 5.69 Å². The van der Waals surface area contributed by atoms with Crippen molar-refractivity contribution in [2.24, 2.45) is 26.2 Å². The van der Waals surface area contributed by atoms with Crippen LogP contribution in [0.4, 0.5) is 5.95 Å². The van der Waals surface area contributed by atoms with E-state index in [9.17, 15) is 19.5 Å². The van der Waals surface area contributed by atoms with E-state index in [1.807, 2.05) is 0 Å². The van der Waals surface area contributed by atoms with E-state index in [0.717, 1.165) is 36.5 Å². The number of aromatic nitrogens is 6. The van der Waals surface area contributed by atoms with Crippen molar-refractivity contribution in [3.63, 3.8) is 0 Å². The zero-order chi connectivity index (χ0) is 24.6. The maximum Gasteiger partial charge on any atom is 0.332 e. The Balaban J connectivity index is 1.63. The molecule has 3 aromatic heterocycles. The van der Waals surface area contributed by atoms with Crippen molar-refractivity contribution in [3.8, 4) is 5.88 Å². The van der Waals surface area contributed by atoms with Crippen LogP contribution in [-0.2, 0) is 27.7 Å². The van der Waals surface area contributed by atoms with Gasteiger partial charge in [0.15, 0.2) is 15.9 Å². The molecule has 3 N–H and O–H groups in total. The second kappa shape index (κ2) is 9.25. The van der Waals surface area contributed by atoms with Crippen molar-refractivity contribution < 1.29 is 5.11 Å². The molecule has 0 radical (unpaired) electrons. The minimum atomic E-state index is -0.581. The lowest BCUT2D eigenvalue weighted by atomic mass is 9.97. The molecular weight excluding hydrogens is 460 g/mol. The van der Waals surface area contributed by atoms with Crippen LogP contribution < -0.4 is 22.2 Å². The number of nitrogens with one attached hydrogen (secondary N) is 2. The van der Waals surface area contributed by atoms with E-state index < -0.39 is 16.8 Å². The molecule has 0 fully saturated rings. The van der Waals surface area contributed by atoms with Crippen LogP contribution in [0.15, 0.2) is 31.1 Å². The molecule has 34 heavy (non-hydrogen) atoms. The SMILES string of the molecule is Cn1c(=O)c2c(nc(N/N=C/c3c(O)n(CCC4=CCCCC4)c(=S)[nH]c3=O)n2C)n(C)c1=O. The summed E-state index contributed by atoms with van der Waals surface area (Å²) in [6.07, 6.45) is 8.55. The van der Waals surface area contributed by atoms with Crippen molar-refractivity contribution in [2.45, 2.75) is 38.6 Å². The van der Waals surface area contributed by atoms with Crippen LogP contribution in [0.25, 0.3) is 11.2 Å². The van der Waals surface area contributed by atoms with Crippen molar-refractivity contribution in [1.82, 2.24) is 28.2 Å². The number of aromatic hydroxyl groups is 1. The van der Waals surface area contributed by atoms with Gasteiger partial charge in [0.1, 0.15) is 5.56 Å². The van der Waals surface area contributed by atoms with Gasteiger partial charge in [-0.05, 0) is 44.3 Å². The van der Waals surface area contributed by atoms with E-state index in [0.29, 0.717) is 6.54 Å². The van der Waals surface area contributed by atoms with Crippen molar-refractivity contribution in [2.75, 3.05) is 5.43 Å². The molecule has 13 heteroatoms. The molecule has 0 atom stereocenters. The number of aryl methyl sites for hydroxylation is 2. The maximum absolute atomic E-state index is 12.5.